The molecule has 5 heteroatoms. The molecular weight excluding hydrogens is 270 g/mol. The topological polar surface area (TPSA) is 79.5 Å². The molecule has 1 rings (SSSR count). The average molecular weight is 293 g/mol. The molecule has 0 fully saturated rings. The Morgan fingerprint density at radius 2 is 2.14 bits per heavy atom. The predicted octanol–water partition coefficient (Wildman–Crippen LogP) is 2.94. The molecule has 1 amide bonds. The summed E-state index contributed by atoms with van der Waals surface area (Å²) in [6.45, 7) is 4.69. The number of carboxylic acid groups (broad SMARTS) is 1. The molecule has 1 atom stereocenters. The molecule has 5 nitrogen and oxygen atoms in total. The van der Waals surface area contributed by atoms with Gasteiger partial charge in [-0.3, -0.25) is 9.59 Å². The van der Waals surface area contributed by atoms with Crippen LogP contribution in [0.15, 0.2) is 28.9 Å². The second-order valence-corrected chi connectivity index (χ2v) is 5.36. The van der Waals surface area contributed by atoms with Crippen molar-refractivity contribution in [2.45, 2.75) is 33.1 Å². The summed E-state index contributed by atoms with van der Waals surface area (Å²) >= 11 is 0. The lowest BCUT2D eigenvalue weighted by atomic mass is 9.88. The van der Waals surface area contributed by atoms with Crippen molar-refractivity contribution in [1.29, 1.82) is 0 Å². The lowest BCUT2D eigenvalue weighted by Crippen LogP contribution is -2.25. The largest absolute Gasteiger partial charge is 0.481 e. The van der Waals surface area contributed by atoms with Crippen LogP contribution in [0.4, 0.5) is 0 Å². The highest BCUT2D eigenvalue weighted by molar-refractivity contribution is 5.91. The minimum atomic E-state index is -0.772. The van der Waals surface area contributed by atoms with Crippen LogP contribution in [-0.4, -0.2) is 23.5 Å². The van der Waals surface area contributed by atoms with E-state index in [1.807, 2.05) is 0 Å². The zero-order valence-electron chi connectivity index (χ0n) is 12.5. The average Bonchev–Trinajstić information content (AvgIpc) is 2.92. The van der Waals surface area contributed by atoms with Crippen LogP contribution < -0.4 is 5.32 Å². The molecule has 0 spiro atoms. The summed E-state index contributed by atoms with van der Waals surface area (Å²) in [7, 11) is 0. The van der Waals surface area contributed by atoms with Gasteiger partial charge < -0.3 is 14.8 Å². The van der Waals surface area contributed by atoms with Gasteiger partial charge in [0.2, 0.25) is 5.91 Å². The summed E-state index contributed by atoms with van der Waals surface area (Å²) < 4.78 is 5.09. The highest BCUT2D eigenvalue weighted by Gasteiger charge is 2.14. The molecule has 1 aromatic rings. The zero-order valence-corrected chi connectivity index (χ0v) is 12.5. The molecular formula is C16H23NO4. The van der Waals surface area contributed by atoms with Crippen molar-refractivity contribution in [1.82, 2.24) is 5.32 Å². The maximum Gasteiger partial charge on any atom is 0.303 e. The minimum absolute atomic E-state index is 0.174. The van der Waals surface area contributed by atoms with E-state index in [9.17, 15) is 9.59 Å². The zero-order chi connectivity index (χ0) is 15.7. The van der Waals surface area contributed by atoms with Crippen LogP contribution in [0.25, 0.3) is 6.08 Å². The van der Waals surface area contributed by atoms with Gasteiger partial charge in [0, 0.05) is 19.0 Å². The molecule has 0 saturated carbocycles. The number of nitrogens with one attached hydrogen (secondary N) is 1. The van der Waals surface area contributed by atoms with Crippen LogP contribution in [0.5, 0.6) is 0 Å². The van der Waals surface area contributed by atoms with Crippen LogP contribution in [0.2, 0.25) is 0 Å². The van der Waals surface area contributed by atoms with Gasteiger partial charge in [-0.25, -0.2) is 0 Å². The first-order valence-electron chi connectivity index (χ1n) is 7.20. The van der Waals surface area contributed by atoms with E-state index < -0.39 is 5.97 Å². The van der Waals surface area contributed by atoms with Crippen LogP contribution in [0.3, 0.4) is 0 Å². The SMILES string of the molecule is CC(C)C(CCNC(=O)C=Cc1ccco1)CCC(=O)O. The summed E-state index contributed by atoms with van der Waals surface area (Å²) in [4.78, 5) is 22.2. The molecule has 0 radical (unpaired) electrons. The second kappa shape index (κ2) is 9.00. The first-order chi connectivity index (χ1) is 9.99. The molecule has 0 aliphatic rings. The molecule has 1 unspecified atom stereocenters. The summed E-state index contributed by atoms with van der Waals surface area (Å²) in [5.41, 5.74) is 0. The van der Waals surface area contributed by atoms with E-state index in [4.69, 9.17) is 9.52 Å². The number of hydrogen-bond donors (Lipinski definition) is 2. The lowest BCUT2D eigenvalue weighted by molar-refractivity contribution is -0.137. The summed E-state index contributed by atoms with van der Waals surface area (Å²) in [5.74, 6) is 0.389. The summed E-state index contributed by atoms with van der Waals surface area (Å²) in [5, 5.41) is 11.5. The summed E-state index contributed by atoms with van der Waals surface area (Å²) in [6, 6.07) is 3.53. The molecule has 1 heterocycles. The molecule has 0 saturated heterocycles. The van der Waals surface area contributed by atoms with Crippen molar-refractivity contribution in [3.63, 3.8) is 0 Å². The van der Waals surface area contributed by atoms with Crippen LogP contribution >= 0.6 is 0 Å². The molecule has 0 bridgehead atoms. The van der Waals surface area contributed by atoms with Crippen molar-refractivity contribution in [3.05, 3.63) is 30.2 Å². The van der Waals surface area contributed by atoms with Crippen LogP contribution in [-0.2, 0) is 9.59 Å². The molecule has 0 aliphatic heterocycles. The van der Waals surface area contributed by atoms with E-state index >= 15 is 0 Å². The third-order valence-electron chi connectivity index (χ3n) is 3.43. The fourth-order valence-corrected chi connectivity index (χ4v) is 2.10. The third-order valence-corrected chi connectivity index (χ3v) is 3.43. The van der Waals surface area contributed by atoms with E-state index in [0.29, 0.717) is 30.6 Å². The third kappa shape index (κ3) is 7.34. The number of carbonyl (C=O) groups is 2. The minimum Gasteiger partial charge on any atom is -0.481 e. The molecule has 2 N–H and O–H groups in total. The molecule has 21 heavy (non-hydrogen) atoms. The van der Waals surface area contributed by atoms with Gasteiger partial charge in [-0.1, -0.05) is 13.8 Å². The van der Waals surface area contributed by atoms with Gasteiger partial charge in [0.1, 0.15) is 5.76 Å². The van der Waals surface area contributed by atoms with Crippen molar-refractivity contribution < 1.29 is 19.1 Å². The van der Waals surface area contributed by atoms with Crippen molar-refractivity contribution in [2.24, 2.45) is 11.8 Å². The van der Waals surface area contributed by atoms with Crippen molar-refractivity contribution >= 4 is 18.0 Å². The normalized spacial score (nSPS) is 12.7. The van der Waals surface area contributed by atoms with Gasteiger partial charge in [0.15, 0.2) is 0 Å². The van der Waals surface area contributed by atoms with Crippen LogP contribution in [0.1, 0.15) is 38.9 Å². The number of rotatable bonds is 9. The Morgan fingerprint density at radius 3 is 2.71 bits per heavy atom. The number of carbonyl (C=O) groups excluding carboxylic acids is 1. The Hall–Kier alpha value is -2.04. The Bertz CT molecular complexity index is 463. The number of furan rings is 1. The van der Waals surface area contributed by atoms with E-state index in [1.54, 1.807) is 24.5 Å². The standard InChI is InChI=1S/C16H23NO4/c1-12(2)13(5-8-16(19)20)9-10-17-15(18)7-6-14-4-3-11-21-14/h3-4,6-7,11-13H,5,8-10H2,1-2H3,(H,17,18)(H,19,20). The monoisotopic (exact) mass is 293 g/mol. The lowest BCUT2D eigenvalue weighted by Gasteiger charge is -2.19. The highest BCUT2D eigenvalue weighted by atomic mass is 16.4. The fourth-order valence-electron chi connectivity index (χ4n) is 2.10. The predicted molar refractivity (Wildman–Crippen MR) is 80.6 cm³/mol. The first kappa shape index (κ1) is 17.0. The van der Waals surface area contributed by atoms with Gasteiger partial charge in [-0.05, 0) is 42.9 Å². The van der Waals surface area contributed by atoms with E-state index in [2.05, 4.69) is 19.2 Å². The number of hydrogen-bond acceptors (Lipinski definition) is 3. The molecule has 0 aliphatic carbocycles. The molecule has 0 aromatic carbocycles. The van der Waals surface area contributed by atoms with E-state index in [1.165, 1.54) is 6.08 Å². The Balaban J connectivity index is 2.29. The number of amides is 1. The first-order valence-corrected chi connectivity index (χ1v) is 7.20. The molecule has 116 valence electrons. The van der Waals surface area contributed by atoms with Gasteiger partial charge in [0.25, 0.3) is 0 Å². The number of aliphatic carboxylic acids is 1. The Labute approximate surface area is 125 Å². The quantitative estimate of drug-likeness (QED) is 0.686. The number of carboxylic acids is 1. The van der Waals surface area contributed by atoms with Gasteiger partial charge in [0.05, 0.1) is 6.26 Å². The Morgan fingerprint density at radius 1 is 1.38 bits per heavy atom. The van der Waals surface area contributed by atoms with Gasteiger partial charge >= 0.3 is 5.97 Å². The fraction of sp³-hybridized carbons (Fsp3) is 0.500. The molecule has 1 aromatic heterocycles. The van der Waals surface area contributed by atoms with E-state index in [0.717, 1.165) is 6.42 Å². The van der Waals surface area contributed by atoms with E-state index in [-0.39, 0.29) is 12.3 Å². The van der Waals surface area contributed by atoms with Crippen molar-refractivity contribution in [2.75, 3.05) is 6.54 Å². The highest BCUT2D eigenvalue weighted by Crippen LogP contribution is 2.20. The van der Waals surface area contributed by atoms with Crippen molar-refractivity contribution in [3.8, 4) is 0 Å². The maximum absolute atomic E-state index is 11.6. The second-order valence-electron chi connectivity index (χ2n) is 5.36. The maximum atomic E-state index is 11.6. The smallest absolute Gasteiger partial charge is 0.303 e. The van der Waals surface area contributed by atoms with Crippen LogP contribution in [0, 0.1) is 11.8 Å². The Kier molecular flexibility index (Phi) is 7.29. The van der Waals surface area contributed by atoms with Gasteiger partial charge in [-0.2, -0.15) is 0 Å². The summed E-state index contributed by atoms with van der Waals surface area (Å²) in [6.07, 6.45) is 6.19. The van der Waals surface area contributed by atoms with Gasteiger partial charge in [-0.15, -0.1) is 0 Å².